The van der Waals surface area contributed by atoms with Crippen molar-refractivity contribution in [1.29, 1.82) is 0 Å². The third-order valence-electron chi connectivity index (χ3n) is 3.90. The van der Waals surface area contributed by atoms with E-state index in [1.807, 2.05) is 6.92 Å². The van der Waals surface area contributed by atoms with E-state index in [0.29, 0.717) is 29.2 Å². The van der Waals surface area contributed by atoms with Gasteiger partial charge in [0.15, 0.2) is 6.79 Å². The van der Waals surface area contributed by atoms with Crippen LogP contribution in [0.3, 0.4) is 0 Å². The fourth-order valence-electron chi connectivity index (χ4n) is 2.55. The topological polar surface area (TPSA) is 111 Å². The number of carbonyl (C=O) groups is 1. The first-order chi connectivity index (χ1) is 13.5. The minimum Gasteiger partial charge on any atom is -0.468 e. The number of amides is 1. The van der Waals surface area contributed by atoms with E-state index in [1.54, 1.807) is 37.3 Å². The highest BCUT2D eigenvalue weighted by molar-refractivity contribution is 6.04. The lowest BCUT2D eigenvalue weighted by Gasteiger charge is -2.09. The second-order valence-electron chi connectivity index (χ2n) is 6.03. The largest absolute Gasteiger partial charge is 0.468 e. The van der Waals surface area contributed by atoms with Gasteiger partial charge in [-0.05, 0) is 37.6 Å². The van der Waals surface area contributed by atoms with Crippen LogP contribution in [-0.4, -0.2) is 39.6 Å². The summed E-state index contributed by atoms with van der Waals surface area (Å²) < 4.78 is 11.6. The lowest BCUT2D eigenvalue weighted by molar-refractivity contribution is 0.0511. The maximum atomic E-state index is 12.6. The number of hydrogen-bond donors (Lipinski definition) is 2. The van der Waals surface area contributed by atoms with E-state index in [9.17, 15) is 9.59 Å². The van der Waals surface area contributed by atoms with Crippen LogP contribution in [0.15, 0.2) is 41.2 Å². The lowest BCUT2D eigenvalue weighted by atomic mass is 10.2. The Bertz CT molecular complexity index is 1020. The van der Waals surface area contributed by atoms with Gasteiger partial charge in [0.05, 0.1) is 5.69 Å². The van der Waals surface area contributed by atoms with Gasteiger partial charge in [-0.25, -0.2) is 0 Å². The van der Waals surface area contributed by atoms with Gasteiger partial charge in [0.2, 0.25) is 5.95 Å². The average Bonchev–Trinajstić information content (AvgIpc) is 3.06. The van der Waals surface area contributed by atoms with E-state index in [0.717, 1.165) is 5.69 Å². The molecule has 0 fully saturated rings. The predicted molar refractivity (Wildman–Crippen MR) is 103 cm³/mol. The zero-order valence-corrected chi connectivity index (χ0v) is 15.9. The molecule has 2 heterocycles. The number of carbonyl (C=O) groups excluding carboxylic acids is 1. The average molecular weight is 383 g/mol. The van der Waals surface area contributed by atoms with Crippen molar-refractivity contribution < 1.29 is 14.3 Å². The third-order valence-corrected chi connectivity index (χ3v) is 3.90. The summed E-state index contributed by atoms with van der Waals surface area (Å²) in [6.07, 6.45) is 0.643. The normalized spacial score (nSPS) is 10.7. The molecule has 0 radical (unpaired) electrons. The molecular weight excluding hydrogens is 362 g/mol. The van der Waals surface area contributed by atoms with Crippen LogP contribution in [0.4, 0.5) is 5.82 Å². The molecule has 3 rings (SSSR count). The van der Waals surface area contributed by atoms with E-state index in [1.165, 1.54) is 17.9 Å². The van der Waals surface area contributed by atoms with E-state index >= 15 is 0 Å². The molecule has 0 aliphatic heterocycles. The number of H-pyrrole nitrogens is 1. The summed E-state index contributed by atoms with van der Waals surface area (Å²) in [6, 6.07) is 9.79. The lowest BCUT2D eigenvalue weighted by Crippen LogP contribution is -2.19. The van der Waals surface area contributed by atoms with Crippen molar-refractivity contribution in [2.24, 2.45) is 0 Å². The Morgan fingerprint density at radius 3 is 2.68 bits per heavy atom. The molecule has 9 nitrogen and oxygen atoms in total. The minimum absolute atomic E-state index is 0.131. The van der Waals surface area contributed by atoms with Crippen molar-refractivity contribution in [2.75, 3.05) is 19.2 Å². The number of rotatable bonds is 7. The van der Waals surface area contributed by atoms with Crippen LogP contribution < -0.4 is 15.6 Å². The van der Waals surface area contributed by atoms with Crippen LogP contribution in [0, 0.1) is 6.92 Å². The van der Waals surface area contributed by atoms with Crippen molar-refractivity contribution in [2.45, 2.75) is 20.3 Å². The van der Waals surface area contributed by atoms with Gasteiger partial charge in [0, 0.05) is 30.5 Å². The number of hydrogen-bond acceptors (Lipinski definition) is 6. The summed E-state index contributed by atoms with van der Waals surface area (Å²) in [6.45, 7) is 3.84. The Hall–Kier alpha value is -3.46. The summed E-state index contributed by atoms with van der Waals surface area (Å²) >= 11 is 0. The molecular formula is C19H21N5O4. The number of ether oxygens (including phenoxy) is 2. The van der Waals surface area contributed by atoms with Crippen LogP contribution in [0.1, 0.15) is 28.7 Å². The molecule has 0 aliphatic carbocycles. The molecule has 146 valence electrons. The fourth-order valence-corrected chi connectivity index (χ4v) is 2.55. The predicted octanol–water partition coefficient (Wildman–Crippen LogP) is 2.06. The van der Waals surface area contributed by atoms with Crippen LogP contribution >= 0.6 is 0 Å². The molecule has 0 saturated heterocycles. The van der Waals surface area contributed by atoms with Gasteiger partial charge >= 0.3 is 0 Å². The van der Waals surface area contributed by atoms with Crippen LogP contribution in [0.2, 0.25) is 0 Å². The molecule has 0 bridgehead atoms. The number of nitrogens with one attached hydrogen (secondary N) is 2. The van der Waals surface area contributed by atoms with Crippen molar-refractivity contribution >= 4 is 11.7 Å². The Balaban J connectivity index is 1.84. The number of aromatic amines is 1. The first-order valence-corrected chi connectivity index (χ1v) is 8.70. The Morgan fingerprint density at radius 1 is 1.25 bits per heavy atom. The second kappa shape index (κ2) is 8.49. The van der Waals surface area contributed by atoms with Gasteiger partial charge in [0.1, 0.15) is 11.6 Å². The first-order valence-electron chi connectivity index (χ1n) is 8.70. The quantitative estimate of drug-likeness (QED) is 0.604. The minimum atomic E-state index is -0.373. The zero-order chi connectivity index (χ0) is 20.1. The van der Waals surface area contributed by atoms with Gasteiger partial charge in [0.25, 0.3) is 11.5 Å². The number of aromatic nitrogens is 4. The van der Waals surface area contributed by atoms with Gasteiger partial charge < -0.3 is 19.8 Å². The van der Waals surface area contributed by atoms with Crippen molar-refractivity contribution in [3.8, 4) is 11.7 Å². The van der Waals surface area contributed by atoms with Crippen LogP contribution in [0.25, 0.3) is 5.95 Å². The number of nitrogens with zero attached hydrogens (tertiary/aromatic N) is 3. The molecule has 0 spiro atoms. The van der Waals surface area contributed by atoms with Crippen molar-refractivity contribution in [1.82, 2.24) is 19.7 Å². The molecule has 1 aromatic carbocycles. The highest BCUT2D eigenvalue weighted by Gasteiger charge is 2.14. The van der Waals surface area contributed by atoms with E-state index in [2.05, 4.69) is 20.4 Å². The molecule has 0 saturated carbocycles. The van der Waals surface area contributed by atoms with Gasteiger partial charge in [-0.2, -0.15) is 14.8 Å². The summed E-state index contributed by atoms with van der Waals surface area (Å²) in [5.74, 6) is 0.917. The molecule has 0 unspecified atom stereocenters. The number of methoxy groups -OCH3 is 1. The van der Waals surface area contributed by atoms with Gasteiger partial charge in [-0.3, -0.25) is 9.59 Å². The SMILES string of the molecule is CCc1cc(=O)nc(-n2nc(C)cc2NC(=O)c2ccc(OCOC)cc2)[nH]1. The highest BCUT2D eigenvalue weighted by Crippen LogP contribution is 2.17. The van der Waals surface area contributed by atoms with Crippen molar-refractivity contribution in [3.63, 3.8) is 0 Å². The molecule has 2 N–H and O–H groups in total. The zero-order valence-electron chi connectivity index (χ0n) is 15.9. The molecule has 1 amide bonds. The van der Waals surface area contributed by atoms with E-state index < -0.39 is 0 Å². The maximum Gasteiger partial charge on any atom is 0.274 e. The standard InChI is InChI=1S/C19H21N5O4/c1-4-14-10-17(25)22-19(20-14)24-16(9-12(2)23-24)21-18(26)13-5-7-15(8-6-13)28-11-27-3/h5-10H,4,11H2,1-3H3,(H,21,26)(H,20,22,25). The Labute approximate surface area is 161 Å². The Kier molecular flexibility index (Phi) is 5.85. The molecule has 0 atom stereocenters. The smallest absolute Gasteiger partial charge is 0.274 e. The monoisotopic (exact) mass is 383 g/mol. The van der Waals surface area contributed by atoms with E-state index in [-0.39, 0.29) is 24.2 Å². The first kappa shape index (κ1) is 19.3. The summed E-state index contributed by atoms with van der Waals surface area (Å²) in [5.41, 5.74) is 1.47. The van der Waals surface area contributed by atoms with Crippen LogP contribution in [0.5, 0.6) is 5.75 Å². The molecule has 3 aromatic rings. The number of aryl methyl sites for hydroxylation is 2. The Morgan fingerprint density at radius 2 is 2.00 bits per heavy atom. The third kappa shape index (κ3) is 4.44. The number of anilines is 1. The van der Waals surface area contributed by atoms with Crippen molar-refractivity contribution in [3.05, 3.63) is 63.7 Å². The molecule has 2 aromatic heterocycles. The number of benzene rings is 1. The molecule has 28 heavy (non-hydrogen) atoms. The molecule has 9 heteroatoms. The maximum absolute atomic E-state index is 12.6. The van der Waals surface area contributed by atoms with E-state index in [4.69, 9.17) is 9.47 Å². The van der Waals surface area contributed by atoms with Gasteiger partial charge in [-0.15, -0.1) is 0 Å². The summed E-state index contributed by atoms with van der Waals surface area (Å²) in [7, 11) is 1.53. The summed E-state index contributed by atoms with van der Waals surface area (Å²) in [5, 5.41) is 7.13. The second-order valence-corrected chi connectivity index (χ2v) is 6.03. The summed E-state index contributed by atoms with van der Waals surface area (Å²) in [4.78, 5) is 31.5. The fraction of sp³-hybridized carbons (Fsp3) is 0.263. The highest BCUT2D eigenvalue weighted by atomic mass is 16.7. The van der Waals surface area contributed by atoms with Gasteiger partial charge in [-0.1, -0.05) is 6.92 Å². The molecule has 0 aliphatic rings. The van der Waals surface area contributed by atoms with Crippen LogP contribution in [-0.2, 0) is 11.2 Å².